The van der Waals surface area contributed by atoms with Crippen molar-refractivity contribution in [2.24, 2.45) is 0 Å². The van der Waals surface area contributed by atoms with Crippen molar-refractivity contribution in [3.05, 3.63) is 101 Å². The van der Waals surface area contributed by atoms with Gasteiger partial charge in [-0.3, -0.25) is 14.2 Å². The molecule has 0 saturated heterocycles. The normalized spacial score (nSPS) is 16.9. The van der Waals surface area contributed by atoms with Gasteiger partial charge in [-0.05, 0) is 54.8 Å². The van der Waals surface area contributed by atoms with E-state index in [0.29, 0.717) is 30.0 Å². The number of aliphatic hydroxyl groups is 1. The zero-order chi connectivity index (χ0) is 25.5. The number of para-hydroxylation sites is 1. The van der Waals surface area contributed by atoms with E-state index in [1.807, 2.05) is 48.7 Å². The number of aliphatic hydroxyl groups excluding tert-OH is 1. The van der Waals surface area contributed by atoms with Crippen LogP contribution in [0.25, 0.3) is 27.8 Å². The number of carbonyl (C=O) groups excluding carboxylic acids is 1. The monoisotopic (exact) mass is 492 g/mol. The zero-order valence-electron chi connectivity index (χ0n) is 19.8. The van der Waals surface area contributed by atoms with Crippen LogP contribution in [0.3, 0.4) is 0 Å². The molecule has 3 heterocycles. The van der Waals surface area contributed by atoms with Crippen LogP contribution in [0.15, 0.2) is 90.2 Å². The molecule has 1 saturated carbocycles. The van der Waals surface area contributed by atoms with Crippen molar-refractivity contribution >= 4 is 28.4 Å². The molecule has 9 heteroatoms. The van der Waals surface area contributed by atoms with Crippen LogP contribution >= 0.6 is 0 Å². The smallest absolute Gasteiger partial charge is 0.267 e. The van der Waals surface area contributed by atoms with Gasteiger partial charge in [0.15, 0.2) is 0 Å². The molecule has 1 amide bonds. The minimum Gasteiger partial charge on any atom is -0.393 e. The number of nitrogens with two attached hydrogens (primary N) is 1. The van der Waals surface area contributed by atoms with Crippen LogP contribution < -0.4 is 16.6 Å². The summed E-state index contributed by atoms with van der Waals surface area (Å²) in [5.74, 6) is -0.101. The molecule has 184 valence electrons. The van der Waals surface area contributed by atoms with Crippen molar-refractivity contribution in [2.75, 3.05) is 11.1 Å². The van der Waals surface area contributed by atoms with Crippen LogP contribution in [0.1, 0.15) is 29.2 Å². The highest BCUT2D eigenvalue weighted by Gasteiger charge is 2.31. The summed E-state index contributed by atoms with van der Waals surface area (Å²) in [6.07, 6.45) is 6.12. The van der Waals surface area contributed by atoms with E-state index in [-0.39, 0.29) is 17.7 Å². The van der Waals surface area contributed by atoms with Gasteiger partial charge in [-0.25, -0.2) is 9.97 Å². The molecule has 1 aliphatic carbocycles. The summed E-state index contributed by atoms with van der Waals surface area (Å²) in [4.78, 5) is 34.5. The maximum Gasteiger partial charge on any atom is 0.267 e. The second kappa shape index (κ2) is 9.03. The molecule has 0 aliphatic heterocycles. The van der Waals surface area contributed by atoms with Crippen LogP contribution in [-0.2, 0) is 0 Å². The summed E-state index contributed by atoms with van der Waals surface area (Å²) in [6, 6.07) is 19.8. The molecule has 37 heavy (non-hydrogen) atoms. The number of hydrogen-bond acceptors (Lipinski definition) is 6. The third kappa shape index (κ3) is 4.05. The maximum absolute atomic E-state index is 13.0. The number of rotatable bonds is 5. The van der Waals surface area contributed by atoms with Crippen LogP contribution in [0, 0.1) is 0 Å². The number of benzene rings is 2. The molecule has 6 rings (SSSR count). The maximum atomic E-state index is 13.0. The SMILES string of the molecule is Nc1ncnc2c1c(-c1ccc(NC(=O)c3cccn(-c4ccccc4)c3=O)cc1)cn2C1CC(O)C1. The van der Waals surface area contributed by atoms with E-state index in [2.05, 4.69) is 19.9 Å². The molecule has 4 N–H and O–H groups in total. The lowest BCUT2D eigenvalue weighted by Crippen LogP contribution is -2.30. The Labute approximate surface area is 211 Å². The van der Waals surface area contributed by atoms with Crippen molar-refractivity contribution in [1.29, 1.82) is 0 Å². The van der Waals surface area contributed by atoms with E-state index in [4.69, 9.17) is 5.73 Å². The number of pyridine rings is 1. The number of nitrogen functional groups attached to an aromatic ring is 1. The summed E-state index contributed by atoms with van der Waals surface area (Å²) in [6.45, 7) is 0. The average Bonchev–Trinajstić information content (AvgIpc) is 3.28. The molecule has 0 bridgehead atoms. The minimum absolute atomic E-state index is 0.0473. The fourth-order valence-electron chi connectivity index (χ4n) is 4.78. The van der Waals surface area contributed by atoms with Gasteiger partial charge in [0.2, 0.25) is 0 Å². The first-order valence-corrected chi connectivity index (χ1v) is 12.0. The van der Waals surface area contributed by atoms with Crippen molar-refractivity contribution in [1.82, 2.24) is 19.1 Å². The second-order valence-corrected chi connectivity index (χ2v) is 9.15. The number of nitrogens with zero attached hydrogens (tertiary/aromatic N) is 4. The quantitative estimate of drug-likeness (QED) is 0.343. The van der Waals surface area contributed by atoms with E-state index < -0.39 is 11.5 Å². The number of amides is 1. The average molecular weight is 493 g/mol. The molecule has 2 aromatic carbocycles. The highest BCUT2D eigenvalue weighted by Crippen LogP contribution is 2.40. The van der Waals surface area contributed by atoms with E-state index in [9.17, 15) is 14.7 Å². The fraction of sp³-hybridized carbons (Fsp3) is 0.143. The highest BCUT2D eigenvalue weighted by molar-refractivity contribution is 6.04. The van der Waals surface area contributed by atoms with Gasteiger partial charge >= 0.3 is 0 Å². The summed E-state index contributed by atoms with van der Waals surface area (Å²) >= 11 is 0. The molecule has 1 fully saturated rings. The van der Waals surface area contributed by atoms with Crippen molar-refractivity contribution in [3.63, 3.8) is 0 Å². The molecule has 9 nitrogen and oxygen atoms in total. The molecule has 0 spiro atoms. The Balaban J connectivity index is 1.28. The first kappa shape index (κ1) is 22.7. The number of hydrogen-bond donors (Lipinski definition) is 3. The Kier molecular flexibility index (Phi) is 5.54. The lowest BCUT2D eigenvalue weighted by Gasteiger charge is -2.32. The Hall–Kier alpha value is -4.76. The van der Waals surface area contributed by atoms with Crippen LogP contribution in [-0.4, -0.2) is 36.2 Å². The first-order chi connectivity index (χ1) is 18.0. The Morgan fingerprint density at radius 2 is 1.76 bits per heavy atom. The van der Waals surface area contributed by atoms with Crippen LogP contribution in [0.5, 0.6) is 0 Å². The Bertz CT molecular complexity index is 1670. The summed E-state index contributed by atoms with van der Waals surface area (Å²) in [7, 11) is 0. The third-order valence-electron chi connectivity index (χ3n) is 6.80. The predicted octanol–water partition coefficient (Wildman–Crippen LogP) is 3.78. The molecule has 0 atom stereocenters. The van der Waals surface area contributed by atoms with Crippen molar-refractivity contribution in [2.45, 2.75) is 25.0 Å². The summed E-state index contributed by atoms with van der Waals surface area (Å²) < 4.78 is 3.50. The van der Waals surface area contributed by atoms with Gasteiger partial charge in [0.25, 0.3) is 11.5 Å². The lowest BCUT2D eigenvalue weighted by atomic mass is 9.89. The van der Waals surface area contributed by atoms with Gasteiger partial charge in [0.05, 0.1) is 11.5 Å². The van der Waals surface area contributed by atoms with E-state index >= 15 is 0 Å². The van der Waals surface area contributed by atoms with Crippen LogP contribution in [0.2, 0.25) is 0 Å². The lowest BCUT2D eigenvalue weighted by molar-refractivity contribution is 0.0501. The van der Waals surface area contributed by atoms with Crippen LogP contribution in [0.4, 0.5) is 11.5 Å². The number of nitrogens with one attached hydrogen (secondary N) is 1. The largest absolute Gasteiger partial charge is 0.393 e. The highest BCUT2D eigenvalue weighted by atomic mass is 16.3. The third-order valence-corrected chi connectivity index (χ3v) is 6.80. The standard InChI is InChI=1S/C28H24N6O3/c29-25-24-23(15-34(20-13-21(35)14-20)26(24)31-16-30-25)17-8-10-18(11-9-17)32-27(36)22-7-4-12-33(28(22)37)19-5-2-1-3-6-19/h1-12,15-16,20-21,35H,13-14H2,(H,32,36)(H2,29,30,31). The number of anilines is 2. The van der Waals surface area contributed by atoms with Gasteiger partial charge in [-0.15, -0.1) is 0 Å². The topological polar surface area (TPSA) is 128 Å². The van der Waals surface area contributed by atoms with Gasteiger partial charge in [-0.2, -0.15) is 0 Å². The molecule has 5 aromatic rings. The van der Waals surface area contributed by atoms with Gasteiger partial charge in [-0.1, -0.05) is 30.3 Å². The zero-order valence-corrected chi connectivity index (χ0v) is 19.8. The Morgan fingerprint density at radius 3 is 2.49 bits per heavy atom. The van der Waals surface area contributed by atoms with Crippen molar-refractivity contribution < 1.29 is 9.90 Å². The summed E-state index contributed by atoms with van der Waals surface area (Å²) in [5, 5.41) is 13.4. The van der Waals surface area contributed by atoms with E-state index in [1.165, 1.54) is 17.0 Å². The van der Waals surface area contributed by atoms with E-state index in [1.54, 1.807) is 24.4 Å². The number of fused-ring (bicyclic) bond motifs is 1. The molecular formula is C28H24N6O3. The van der Waals surface area contributed by atoms with Gasteiger partial charge in [0.1, 0.15) is 23.4 Å². The van der Waals surface area contributed by atoms with Gasteiger partial charge in [0, 0.05) is 35.4 Å². The molecule has 1 aliphatic rings. The summed E-state index contributed by atoms with van der Waals surface area (Å²) in [5.41, 5.74) is 9.60. The fourth-order valence-corrected chi connectivity index (χ4v) is 4.78. The van der Waals surface area contributed by atoms with Gasteiger partial charge < -0.3 is 20.7 Å². The number of carbonyl (C=O) groups is 1. The molecule has 0 radical (unpaired) electrons. The molecule has 3 aromatic heterocycles. The first-order valence-electron chi connectivity index (χ1n) is 12.0. The molecular weight excluding hydrogens is 468 g/mol. The molecule has 0 unspecified atom stereocenters. The second-order valence-electron chi connectivity index (χ2n) is 9.15. The minimum atomic E-state index is -0.485. The Morgan fingerprint density at radius 1 is 1.00 bits per heavy atom. The van der Waals surface area contributed by atoms with Crippen molar-refractivity contribution in [3.8, 4) is 16.8 Å². The van der Waals surface area contributed by atoms with E-state index in [0.717, 1.165) is 22.2 Å². The number of aromatic nitrogens is 4. The predicted molar refractivity (Wildman–Crippen MR) is 142 cm³/mol.